The second kappa shape index (κ2) is 8.14. The van der Waals surface area contributed by atoms with Crippen LogP contribution >= 0.6 is 0 Å². The lowest BCUT2D eigenvalue weighted by atomic mass is 9.52. The van der Waals surface area contributed by atoms with Crippen LogP contribution in [0.5, 0.6) is 0 Å². The fourth-order valence-electron chi connectivity index (χ4n) is 5.42. The van der Waals surface area contributed by atoms with Gasteiger partial charge in [-0.15, -0.1) is 0 Å². The van der Waals surface area contributed by atoms with Gasteiger partial charge in [0, 0.05) is 11.0 Å². The highest BCUT2D eigenvalue weighted by molar-refractivity contribution is 6.05. The van der Waals surface area contributed by atoms with Crippen LogP contribution in [0.1, 0.15) is 71.6 Å². The summed E-state index contributed by atoms with van der Waals surface area (Å²) < 4.78 is 0. The van der Waals surface area contributed by atoms with Crippen molar-refractivity contribution in [2.75, 3.05) is 0 Å². The fraction of sp³-hybridized carbons (Fsp3) is 0.462. The molecule has 1 fully saturated rings. The third-order valence-corrected chi connectivity index (χ3v) is 6.97. The number of carbonyl (C=O) groups excluding carboxylic acids is 1. The van der Waals surface area contributed by atoms with Gasteiger partial charge in [-0.2, -0.15) is 0 Å². The molecule has 0 aromatic heterocycles. The van der Waals surface area contributed by atoms with Gasteiger partial charge in [-0.25, -0.2) is 0 Å². The van der Waals surface area contributed by atoms with Gasteiger partial charge < -0.3 is 5.11 Å². The number of Topliss-reactive ketones (excluding diaryl/α,β-unsaturated/α-hetero) is 1. The number of benzene rings is 2. The minimum absolute atomic E-state index is 0.0213. The largest absolute Gasteiger partial charge is 0.481 e. The van der Waals surface area contributed by atoms with Crippen molar-refractivity contribution in [3.05, 3.63) is 70.3 Å². The molecule has 154 valence electrons. The predicted molar refractivity (Wildman–Crippen MR) is 116 cm³/mol. The highest BCUT2D eigenvalue weighted by Crippen LogP contribution is 2.54. The zero-order valence-electron chi connectivity index (χ0n) is 18.0. The van der Waals surface area contributed by atoms with Crippen molar-refractivity contribution in [2.45, 2.75) is 66.2 Å². The van der Waals surface area contributed by atoms with E-state index in [0.717, 1.165) is 47.1 Å². The van der Waals surface area contributed by atoms with E-state index in [0.29, 0.717) is 19.3 Å². The molecule has 1 aliphatic rings. The molecule has 2 aromatic rings. The number of carbonyl (C=O) groups is 2. The third-order valence-electron chi connectivity index (χ3n) is 6.97. The van der Waals surface area contributed by atoms with E-state index in [1.165, 1.54) is 0 Å². The lowest BCUT2D eigenvalue weighted by molar-refractivity contribution is -0.156. The van der Waals surface area contributed by atoms with E-state index in [-0.39, 0.29) is 5.78 Å². The van der Waals surface area contributed by atoms with Crippen LogP contribution in [0.15, 0.2) is 42.5 Å². The van der Waals surface area contributed by atoms with Crippen molar-refractivity contribution in [1.82, 2.24) is 0 Å². The number of hydrogen-bond donors (Lipinski definition) is 1. The maximum atomic E-state index is 14.2. The van der Waals surface area contributed by atoms with Gasteiger partial charge in [0.15, 0.2) is 5.78 Å². The van der Waals surface area contributed by atoms with Crippen molar-refractivity contribution in [2.24, 2.45) is 10.8 Å². The van der Waals surface area contributed by atoms with E-state index < -0.39 is 16.8 Å². The van der Waals surface area contributed by atoms with E-state index >= 15 is 0 Å². The fourth-order valence-corrected chi connectivity index (χ4v) is 5.42. The Labute approximate surface area is 174 Å². The maximum absolute atomic E-state index is 14.2. The van der Waals surface area contributed by atoms with E-state index in [4.69, 9.17) is 0 Å². The standard InChI is InChI=1S/C26H32O3/c1-18-15-19(2)22(20(3)16-18)23(27)26(13-9-6-10-14-26)25(4,24(28)29)17-21-11-7-5-8-12-21/h5,7-8,11-12,15-16H,6,9-10,13-14,17H2,1-4H3,(H,28,29). The highest BCUT2D eigenvalue weighted by atomic mass is 16.4. The Morgan fingerprint density at radius 2 is 1.52 bits per heavy atom. The van der Waals surface area contributed by atoms with Gasteiger partial charge in [0.2, 0.25) is 0 Å². The lowest BCUT2D eigenvalue weighted by Gasteiger charge is -2.48. The summed E-state index contributed by atoms with van der Waals surface area (Å²) in [5, 5.41) is 10.4. The van der Waals surface area contributed by atoms with Gasteiger partial charge >= 0.3 is 5.97 Å². The van der Waals surface area contributed by atoms with Gasteiger partial charge in [-0.3, -0.25) is 9.59 Å². The lowest BCUT2D eigenvalue weighted by Crippen LogP contribution is -2.53. The van der Waals surface area contributed by atoms with Crippen LogP contribution in [0.3, 0.4) is 0 Å². The molecule has 2 aromatic carbocycles. The molecule has 0 heterocycles. The van der Waals surface area contributed by atoms with Crippen LogP contribution in [-0.2, 0) is 11.2 Å². The van der Waals surface area contributed by atoms with E-state index in [1.807, 2.05) is 63.2 Å². The van der Waals surface area contributed by atoms with Gasteiger partial charge in [-0.05, 0) is 63.6 Å². The third kappa shape index (κ3) is 3.75. The molecule has 0 spiro atoms. The Hall–Kier alpha value is -2.42. The van der Waals surface area contributed by atoms with Crippen LogP contribution in [0.25, 0.3) is 0 Å². The summed E-state index contributed by atoms with van der Waals surface area (Å²) in [5.74, 6) is -0.855. The predicted octanol–water partition coefficient (Wildman–Crippen LogP) is 6.08. The highest BCUT2D eigenvalue weighted by Gasteiger charge is 2.58. The van der Waals surface area contributed by atoms with Gasteiger partial charge in [0.1, 0.15) is 0 Å². The molecule has 3 rings (SSSR count). The molecule has 3 heteroatoms. The summed E-state index contributed by atoms with van der Waals surface area (Å²) >= 11 is 0. The smallest absolute Gasteiger partial charge is 0.310 e. The van der Waals surface area contributed by atoms with Gasteiger partial charge in [0.05, 0.1) is 5.41 Å². The summed E-state index contributed by atoms with van der Waals surface area (Å²) in [6.07, 6.45) is 4.48. The van der Waals surface area contributed by atoms with Crippen LogP contribution in [0, 0.1) is 31.6 Å². The number of aryl methyl sites for hydroxylation is 3. The number of aliphatic carboxylic acids is 1. The van der Waals surface area contributed by atoms with Crippen LogP contribution in [0.2, 0.25) is 0 Å². The van der Waals surface area contributed by atoms with Crippen molar-refractivity contribution < 1.29 is 14.7 Å². The van der Waals surface area contributed by atoms with E-state index in [1.54, 1.807) is 6.92 Å². The maximum Gasteiger partial charge on any atom is 0.310 e. The van der Waals surface area contributed by atoms with Crippen molar-refractivity contribution >= 4 is 11.8 Å². The first-order valence-electron chi connectivity index (χ1n) is 10.6. The van der Waals surface area contributed by atoms with Crippen LogP contribution < -0.4 is 0 Å². The van der Waals surface area contributed by atoms with Crippen molar-refractivity contribution in [1.29, 1.82) is 0 Å². The number of carboxylic acids is 1. The van der Waals surface area contributed by atoms with Gasteiger partial charge in [-0.1, -0.05) is 67.3 Å². The molecule has 1 atom stereocenters. The van der Waals surface area contributed by atoms with Crippen molar-refractivity contribution in [3.8, 4) is 0 Å². The molecule has 0 saturated heterocycles. The minimum atomic E-state index is -1.16. The summed E-state index contributed by atoms with van der Waals surface area (Å²) in [5.41, 5.74) is 2.66. The average Bonchev–Trinajstić information content (AvgIpc) is 2.68. The average molecular weight is 393 g/mol. The Bertz CT molecular complexity index is 884. The molecule has 1 aliphatic carbocycles. The monoisotopic (exact) mass is 392 g/mol. The molecular weight excluding hydrogens is 360 g/mol. The topological polar surface area (TPSA) is 54.4 Å². The molecule has 0 amide bonds. The molecule has 3 nitrogen and oxygen atoms in total. The Morgan fingerprint density at radius 1 is 0.966 bits per heavy atom. The summed E-state index contributed by atoms with van der Waals surface area (Å²) in [4.78, 5) is 26.9. The first-order valence-corrected chi connectivity index (χ1v) is 10.6. The second-order valence-electron chi connectivity index (χ2n) is 9.05. The normalized spacial score (nSPS) is 18.1. The Morgan fingerprint density at radius 3 is 2.03 bits per heavy atom. The van der Waals surface area contributed by atoms with Crippen LogP contribution in [-0.4, -0.2) is 16.9 Å². The Balaban J connectivity index is 2.17. The number of carboxylic acid groups (broad SMARTS) is 1. The number of rotatable bonds is 6. The molecule has 0 aliphatic heterocycles. The zero-order chi connectivity index (χ0) is 21.2. The summed E-state index contributed by atoms with van der Waals surface area (Å²) in [7, 11) is 0. The van der Waals surface area contributed by atoms with Gasteiger partial charge in [0.25, 0.3) is 0 Å². The molecule has 0 bridgehead atoms. The summed E-state index contributed by atoms with van der Waals surface area (Å²) in [6, 6.07) is 13.8. The first-order chi connectivity index (χ1) is 13.7. The zero-order valence-corrected chi connectivity index (χ0v) is 18.0. The van der Waals surface area contributed by atoms with Crippen LogP contribution in [0.4, 0.5) is 0 Å². The molecule has 1 unspecified atom stereocenters. The first kappa shape index (κ1) is 21.3. The molecular formula is C26H32O3. The van der Waals surface area contributed by atoms with E-state index in [2.05, 4.69) is 0 Å². The molecule has 29 heavy (non-hydrogen) atoms. The Kier molecular flexibility index (Phi) is 5.97. The number of hydrogen-bond acceptors (Lipinski definition) is 2. The van der Waals surface area contributed by atoms with Crippen molar-refractivity contribution in [3.63, 3.8) is 0 Å². The van der Waals surface area contributed by atoms with E-state index in [9.17, 15) is 14.7 Å². The minimum Gasteiger partial charge on any atom is -0.481 e. The number of ketones is 1. The SMILES string of the molecule is Cc1cc(C)c(C(=O)C2(C(C)(Cc3ccccc3)C(=O)O)CCCCC2)c(C)c1. The molecule has 1 saturated carbocycles. The summed E-state index contributed by atoms with van der Waals surface area (Å²) in [6.45, 7) is 7.77. The quantitative estimate of drug-likeness (QED) is 0.606. The second-order valence-corrected chi connectivity index (χ2v) is 9.05. The molecule has 0 radical (unpaired) electrons. The molecule has 1 N–H and O–H groups in total.